The van der Waals surface area contributed by atoms with Gasteiger partial charge in [-0.3, -0.25) is 9.59 Å². The number of hydrogen-bond acceptors (Lipinski definition) is 5. The van der Waals surface area contributed by atoms with Crippen LogP contribution >= 0.6 is 0 Å². The van der Waals surface area contributed by atoms with Crippen LogP contribution in [0.2, 0.25) is 0 Å². The van der Waals surface area contributed by atoms with Crippen molar-refractivity contribution in [2.75, 3.05) is 25.2 Å². The largest absolute Gasteiger partial charge is 0.437 e. The van der Waals surface area contributed by atoms with Crippen LogP contribution < -0.4 is 15.0 Å². The predicted octanol–water partition coefficient (Wildman–Crippen LogP) is 2.26. The molecule has 0 bridgehead atoms. The van der Waals surface area contributed by atoms with Crippen molar-refractivity contribution in [1.29, 1.82) is 0 Å². The SMILES string of the molecule is COCCNC(=O)CCC(=O)N1Cc2ccccc2Oc2ncccc21. The maximum absolute atomic E-state index is 12.8. The first-order valence-electron chi connectivity index (χ1n) is 8.46. The molecule has 2 amide bonds. The van der Waals surface area contributed by atoms with Crippen LogP contribution in [0.4, 0.5) is 5.69 Å². The first-order chi connectivity index (χ1) is 12.7. The van der Waals surface area contributed by atoms with Gasteiger partial charge in [-0.15, -0.1) is 0 Å². The lowest BCUT2D eigenvalue weighted by Gasteiger charge is -2.21. The van der Waals surface area contributed by atoms with Gasteiger partial charge in [0.05, 0.1) is 13.2 Å². The molecule has 0 radical (unpaired) electrons. The number of aromatic nitrogens is 1. The molecule has 1 aliphatic heterocycles. The average molecular weight is 355 g/mol. The number of hydrogen-bond donors (Lipinski definition) is 1. The van der Waals surface area contributed by atoms with Gasteiger partial charge in [0.25, 0.3) is 0 Å². The van der Waals surface area contributed by atoms with E-state index in [9.17, 15) is 9.59 Å². The summed E-state index contributed by atoms with van der Waals surface area (Å²) in [6, 6.07) is 11.1. The topological polar surface area (TPSA) is 80.8 Å². The van der Waals surface area contributed by atoms with Gasteiger partial charge in [-0.1, -0.05) is 18.2 Å². The lowest BCUT2D eigenvalue weighted by Crippen LogP contribution is -2.32. The zero-order valence-corrected chi connectivity index (χ0v) is 14.6. The Hall–Kier alpha value is -2.93. The monoisotopic (exact) mass is 355 g/mol. The minimum atomic E-state index is -0.173. The van der Waals surface area contributed by atoms with Crippen molar-refractivity contribution >= 4 is 17.5 Å². The number of ether oxygens (including phenoxy) is 2. The fourth-order valence-corrected chi connectivity index (χ4v) is 2.72. The molecular weight excluding hydrogens is 334 g/mol. The lowest BCUT2D eigenvalue weighted by atomic mass is 10.1. The number of amides is 2. The number of nitrogens with zero attached hydrogens (tertiary/aromatic N) is 2. The van der Waals surface area contributed by atoms with Gasteiger partial charge < -0.3 is 19.7 Å². The number of rotatable bonds is 6. The average Bonchev–Trinajstić information content (AvgIpc) is 2.83. The highest BCUT2D eigenvalue weighted by Crippen LogP contribution is 2.37. The lowest BCUT2D eigenvalue weighted by molar-refractivity contribution is -0.125. The number of benzene rings is 1. The van der Waals surface area contributed by atoms with E-state index < -0.39 is 0 Å². The van der Waals surface area contributed by atoms with E-state index in [2.05, 4.69) is 10.3 Å². The predicted molar refractivity (Wildman–Crippen MR) is 96.1 cm³/mol. The molecule has 2 aromatic rings. The fourth-order valence-electron chi connectivity index (χ4n) is 2.72. The molecule has 7 nitrogen and oxygen atoms in total. The molecule has 0 atom stereocenters. The normalized spacial score (nSPS) is 12.4. The van der Waals surface area contributed by atoms with Crippen LogP contribution in [0.1, 0.15) is 18.4 Å². The molecule has 0 fully saturated rings. The quantitative estimate of drug-likeness (QED) is 0.804. The minimum absolute atomic E-state index is 0.106. The van der Waals surface area contributed by atoms with Crippen molar-refractivity contribution < 1.29 is 19.1 Å². The fraction of sp³-hybridized carbons (Fsp3) is 0.316. The standard InChI is InChI=1S/C19H21N3O4/c1-25-12-11-20-17(23)8-9-18(24)22-13-14-5-2-3-7-16(14)26-19-15(22)6-4-10-21-19/h2-7,10H,8-9,11-13H2,1H3,(H,20,23). The van der Waals surface area contributed by atoms with E-state index in [4.69, 9.17) is 9.47 Å². The van der Waals surface area contributed by atoms with Gasteiger partial charge in [0.15, 0.2) is 0 Å². The van der Waals surface area contributed by atoms with E-state index in [1.165, 1.54) is 0 Å². The second-order valence-corrected chi connectivity index (χ2v) is 5.86. The zero-order valence-electron chi connectivity index (χ0n) is 14.6. The first-order valence-corrected chi connectivity index (χ1v) is 8.46. The molecule has 2 heterocycles. The van der Waals surface area contributed by atoms with Gasteiger partial charge in [-0.2, -0.15) is 0 Å². The van der Waals surface area contributed by atoms with E-state index in [0.717, 1.165) is 5.56 Å². The molecule has 0 unspecified atom stereocenters. The Morgan fingerprint density at radius 1 is 1.23 bits per heavy atom. The summed E-state index contributed by atoms with van der Waals surface area (Å²) < 4.78 is 10.8. The van der Waals surface area contributed by atoms with Gasteiger partial charge in [0.2, 0.25) is 17.7 Å². The summed E-state index contributed by atoms with van der Waals surface area (Å²) in [4.78, 5) is 30.5. The molecule has 7 heteroatoms. The number of anilines is 1. The number of carbonyl (C=O) groups excluding carboxylic acids is 2. The van der Waals surface area contributed by atoms with Crippen molar-refractivity contribution in [3.8, 4) is 11.6 Å². The van der Waals surface area contributed by atoms with Crippen LogP contribution in [-0.4, -0.2) is 37.1 Å². The van der Waals surface area contributed by atoms with E-state index in [1.54, 1.807) is 30.3 Å². The van der Waals surface area contributed by atoms with Gasteiger partial charge in [-0.25, -0.2) is 4.98 Å². The Balaban J connectivity index is 1.73. The number of carbonyl (C=O) groups is 2. The van der Waals surface area contributed by atoms with Gasteiger partial charge >= 0.3 is 0 Å². The molecule has 1 N–H and O–H groups in total. The summed E-state index contributed by atoms with van der Waals surface area (Å²) >= 11 is 0. The third kappa shape index (κ3) is 4.18. The smallest absolute Gasteiger partial charge is 0.243 e. The second-order valence-electron chi connectivity index (χ2n) is 5.86. The Kier molecular flexibility index (Phi) is 5.80. The van der Waals surface area contributed by atoms with Crippen LogP contribution in [0.3, 0.4) is 0 Å². The maximum Gasteiger partial charge on any atom is 0.243 e. The molecule has 0 aliphatic carbocycles. The summed E-state index contributed by atoms with van der Waals surface area (Å²) in [5.41, 5.74) is 1.50. The second kappa shape index (κ2) is 8.44. The summed E-state index contributed by atoms with van der Waals surface area (Å²) in [6.07, 6.45) is 1.85. The minimum Gasteiger partial charge on any atom is -0.437 e. The Morgan fingerprint density at radius 2 is 2.08 bits per heavy atom. The number of methoxy groups -OCH3 is 1. The molecule has 0 saturated carbocycles. The van der Waals surface area contributed by atoms with Gasteiger partial charge in [0.1, 0.15) is 11.4 Å². The van der Waals surface area contributed by atoms with E-state index in [1.807, 2.05) is 24.3 Å². The Labute approximate surface area is 151 Å². The first kappa shape index (κ1) is 17.9. The highest BCUT2D eigenvalue weighted by atomic mass is 16.5. The molecule has 1 aliphatic rings. The molecule has 0 spiro atoms. The van der Waals surface area contributed by atoms with Crippen molar-refractivity contribution in [1.82, 2.24) is 10.3 Å². The zero-order chi connectivity index (χ0) is 18.4. The van der Waals surface area contributed by atoms with E-state index in [-0.39, 0.29) is 24.7 Å². The van der Waals surface area contributed by atoms with Crippen molar-refractivity contribution in [3.05, 3.63) is 48.2 Å². The van der Waals surface area contributed by atoms with Crippen molar-refractivity contribution in [2.45, 2.75) is 19.4 Å². The van der Waals surface area contributed by atoms with E-state index >= 15 is 0 Å². The van der Waals surface area contributed by atoms with Gasteiger partial charge in [-0.05, 0) is 18.2 Å². The molecular formula is C19H21N3O4. The van der Waals surface area contributed by atoms with Gasteiger partial charge in [0, 0.05) is 38.3 Å². The summed E-state index contributed by atoms with van der Waals surface area (Å²) in [5, 5.41) is 2.72. The number of fused-ring (bicyclic) bond motifs is 2. The highest BCUT2D eigenvalue weighted by Gasteiger charge is 2.26. The van der Waals surface area contributed by atoms with Crippen LogP contribution in [0.15, 0.2) is 42.6 Å². The molecule has 26 heavy (non-hydrogen) atoms. The number of pyridine rings is 1. The van der Waals surface area contributed by atoms with Crippen molar-refractivity contribution in [3.63, 3.8) is 0 Å². The van der Waals surface area contributed by atoms with Crippen molar-refractivity contribution in [2.24, 2.45) is 0 Å². The number of nitrogens with one attached hydrogen (secondary N) is 1. The van der Waals surface area contributed by atoms with Crippen LogP contribution in [0, 0.1) is 0 Å². The highest BCUT2D eigenvalue weighted by molar-refractivity contribution is 5.96. The molecule has 1 aromatic carbocycles. The van der Waals surface area contributed by atoms with Crippen LogP contribution in [-0.2, 0) is 20.9 Å². The molecule has 1 aromatic heterocycles. The maximum atomic E-state index is 12.8. The molecule has 3 rings (SSSR count). The third-order valence-electron chi connectivity index (χ3n) is 4.04. The summed E-state index contributed by atoms with van der Waals surface area (Å²) in [6.45, 7) is 1.25. The Morgan fingerprint density at radius 3 is 2.92 bits per heavy atom. The third-order valence-corrected chi connectivity index (χ3v) is 4.04. The molecule has 136 valence electrons. The van der Waals surface area contributed by atoms with E-state index in [0.29, 0.717) is 37.0 Å². The summed E-state index contributed by atoms with van der Waals surface area (Å²) in [7, 11) is 1.57. The summed E-state index contributed by atoms with van der Waals surface area (Å²) in [5.74, 6) is 0.741. The number of para-hydroxylation sites is 1. The van der Waals surface area contributed by atoms with Crippen LogP contribution in [0.25, 0.3) is 0 Å². The Bertz CT molecular complexity index is 794. The molecule has 0 saturated heterocycles. The van der Waals surface area contributed by atoms with Crippen LogP contribution in [0.5, 0.6) is 11.6 Å².